The molecule has 0 saturated heterocycles. The van der Waals surface area contributed by atoms with Crippen molar-refractivity contribution in [1.82, 2.24) is 10.2 Å². The van der Waals surface area contributed by atoms with Crippen molar-refractivity contribution in [2.45, 2.75) is 33.4 Å². The number of carbonyl (C=O) groups excluding carboxylic acids is 1. The Balaban J connectivity index is 2.82. The molecule has 0 unspecified atom stereocenters. The fourth-order valence-electron chi connectivity index (χ4n) is 1.88. The molecule has 0 aliphatic rings. The second-order valence-electron chi connectivity index (χ2n) is 5.61. The predicted octanol–water partition coefficient (Wildman–Crippen LogP) is 2.75. The van der Waals surface area contributed by atoms with Gasteiger partial charge in [0, 0.05) is 43.9 Å². The smallest absolute Gasteiger partial charge is 0.241 e. The summed E-state index contributed by atoms with van der Waals surface area (Å²) in [7, 11) is 3.54. The van der Waals surface area contributed by atoms with Gasteiger partial charge in [-0.25, -0.2) is 0 Å². The van der Waals surface area contributed by atoms with Gasteiger partial charge in [0.05, 0.1) is 6.54 Å². The lowest BCUT2D eigenvalue weighted by Crippen LogP contribution is -2.36. The average molecular weight is 312 g/mol. The van der Waals surface area contributed by atoms with Gasteiger partial charge in [0.15, 0.2) is 0 Å². The summed E-state index contributed by atoms with van der Waals surface area (Å²) in [4.78, 5) is 15.5. The zero-order valence-corrected chi connectivity index (χ0v) is 14.4. The molecule has 0 aliphatic heterocycles. The highest BCUT2D eigenvalue weighted by Crippen LogP contribution is 2.24. The van der Waals surface area contributed by atoms with Crippen molar-refractivity contribution in [1.29, 1.82) is 0 Å². The molecular formula is C16H26ClN3O. The van der Waals surface area contributed by atoms with E-state index in [0.29, 0.717) is 12.6 Å². The summed E-state index contributed by atoms with van der Waals surface area (Å²) in [5.41, 5.74) is 2.05. The van der Waals surface area contributed by atoms with E-state index in [4.69, 9.17) is 11.6 Å². The lowest BCUT2D eigenvalue weighted by molar-refractivity contribution is -0.127. The Bertz CT molecular complexity index is 475. The first-order valence-electron chi connectivity index (χ1n) is 7.32. The number of anilines is 1. The van der Waals surface area contributed by atoms with Gasteiger partial charge in [-0.3, -0.25) is 4.79 Å². The van der Waals surface area contributed by atoms with E-state index in [1.807, 2.05) is 30.0 Å². The van der Waals surface area contributed by atoms with E-state index in [9.17, 15) is 4.79 Å². The zero-order chi connectivity index (χ0) is 16.0. The summed E-state index contributed by atoms with van der Waals surface area (Å²) >= 11 is 6.35. The third-order valence-corrected chi connectivity index (χ3v) is 3.66. The summed E-state index contributed by atoms with van der Waals surface area (Å²) in [6.45, 7) is 8.12. The first-order valence-corrected chi connectivity index (χ1v) is 7.69. The third kappa shape index (κ3) is 5.56. The zero-order valence-electron chi connectivity index (χ0n) is 13.6. The summed E-state index contributed by atoms with van der Waals surface area (Å²) in [6.07, 6.45) is 0. The Morgan fingerprint density at radius 2 is 2.00 bits per heavy atom. The molecule has 1 aromatic rings. The SMILES string of the molecule is CCN(CC(=O)N(C)C)c1ccc(CNC(C)C)c(Cl)c1. The van der Waals surface area contributed by atoms with E-state index in [1.165, 1.54) is 0 Å². The second kappa shape index (κ2) is 8.25. The van der Waals surface area contributed by atoms with Gasteiger partial charge in [-0.2, -0.15) is 0 Å². The minimum absolute atomic E-state index is 0.0820. The average Bonchev–Trinajstić information content (AvgIpc) is 2.42. The Morgan fingerprint density at radius 1 is 1.33 bits per heavy atom. The molecule has 0 spiro atoms. The van der Waals surface area contributed by atoms with E-state index in [-0.39, 0.29) is 5.91 Å². The van der Waals surface area contributed by atoms with Crippen LogP contribution in [0.25, 0.3) is 0 Å². The number of nitrogens with zero attached hydrogens (tertiary/aromatic N) is 2. The van der Waals surface area contributed by atoms with Crippen LogP contribution in [0.5, 0.6) is 0 Å². The van der Waals surface area contributed by atoms with Crippen LogP contribution in [0.3, 0.4) is 0 Å². The molecule has 0 atom stereocenters. The van der Waals surface area contributed by atoms with E-state index in [2.05, 4.69) is 19.2 Å². The molecule has 0 bridgehead atoms. The first-order chi connectivity index (χ1) is 9.85. The number of hydrogen-bond acceptors (Lipinski definition) is 3. The molecule has 1 amide bonds. The minimum atomic E-state index is 0.0820. The number of halogens is 1. The third-order valence-electron chi connectivity index (χ3n) is 3.31. The summed E-state index contributed by atoms with van der Waals surface area (Å²) in [5.74, 6) is 0.0820. The van der Waals surface area contributed by atoms with Crippen molar-refractivity contribution in [3.8, 4) is 0 Å². The van der Waals surface area contributed by atoms with E-state index in [0.717, 1.165) is 29.4 Å². The summed E-state index contributed by atoms with van der Waals surface area (Å²) in [6, 6.07) is 6.40. The molecule has 1 aromatic carbocycles. The van der Waals surface area contributed by atoms with Gasteiger partial charge in [0.2, 0.25) is 5.91 Å². The fraction of sp³-hybridized carbons (Fsp3) is 0.562. The molecule has 118 valence electrons. The van der Waals surface area contributed by atoms with Crippen molar-refractivity contribution >= 4 is 23.2 Å². The summed E-state index contributed by atoms with van der Waals surface area (Å²) < 4.78 is 0. The van der Waals surface area contributed by atoms with Crippen LogP contribution in [0.2, 0.25) is 5.02 Å². The maximum Gasteiger partial charge on any atom is 0.241 e. The Labute approximate surface area is 133 Å². The quantitative estimate of drug-likeness (QED) is 0.841. The van der Waals surface area contributed by atoms with Gasteiger partial charge < -0.3 is 15.1 Å². The Hall–Kier alpha value is -1.26. The predicted molar refractivity (Wildman–Crippen MR) is 90.0 cm³/mol. The molecule has 0 heterocycles. The Morgan fingerprint density at radius 3 is 2.48 bits per heavy atom. The van der Waals surface area contributed by atoms with Gasteiger partial charge in [-0.1, -0.05) is 31.5 Å². The van der Waals surface area contributed by atoms with Crippen LogP contribution in [0, 0.1) is 0 Å². The monoisotopic (exact) mass is 311 g/mol. The van der Waals surface area contributed by atoms with Crippen LogP contribution in [0.4, 0.5) is 5.69 Å². The van der Waals surface area contributed by atoms with Crippen LogP contribution in [-0.2, 0) is 11.3 Å². The first kappa shape index (κ1) is 17.8. The lowest BCUT2D eigenvalue weighted by atomic mass is 10.1. The largest absolute Gasteiger partial charge is 0.362 e. The van der Waals surface area contributed by atoms with Gasteiger partial charge in [-0.05, 0) is 24.6 Å². The molecular weight excluding hydrogens is 286 g/mol. The molecule has 0 radical (unpaired) electrons. The molecule has 1 N–H and O–H groups in total. The maximum atomic E-state index is 11.9. The van der Waals surface area contributed by atoms with E-state index >= 15 is 0 Å². The molecule has 1 rings (SSSR count). The number of likely N-dealkylation sites (N-methyl/N-ethyl adjacent to an activating group) is 2. The van der Waals surface area contributed by atoms with Crippen LogP contribution in [-0.4, -0.2) is 44.0 Å². The molecule has 0 aromatic heterocycles. The molecule has 0 fully saturated rings. The highest BCUT2D eigenvalue weighted by Gasteiger charge is 2.13. The molecule has 0 saturated carbocycles. The molecule has 4 nitrogen and oxygen atoms in total. The van der Waals surface area contributed by atoms with E-state index in [1.54, 1.807) is 19.0 Å². The van der Waals surface area contributed by atoms with Crippen molar-refractivity contribution in [3.63, 3.8) is 0 Å². The van der Waals surface area contributed by atoms with Gasteiger partial charge in [-0.15, -0.1) is 0 Å². The van der Waals surface area contributed by atoms with Crippen LogP contribution in [0.1, 0.15) is 26.3 Å². The van der Waals surface area contributed by atoms with Crippen molar-refractivity contribution < 1.29 is 4.79 Å². The highest BCUT2D eigenvalue weighted by atomic mass is 35.5. The molecule has 21 heavy (non-hydrogen) atoms. The number of amides is 1. The number of carbonyl (C=O) groups is 1. The van der Waals surface area contributed by atoms with Crippen molar-refractivity contribution in [2.75, 3.05) is 32.1 Å². The van der Waals surface area contributed by atoms with Crippen LogP contribution < -0.4 is 10.2 Å². The van der Waals surface area contributed by atoms with Crippen LogP contribution in [0.15, 0.2) is 18.2 Å². The van der Waals surface area contributed by atoms with Gasteiger partial charge >= 0.3 is 0 Å². The lowest BCUT2D eigenvalue weighted by Gasteiger charge is -2.25. The van der Waals surface area contributed by atoms with Crippen molar-refractivity contribution in [3.05, 3.63) is 28.8 Å². The second-order valence-corrected chi connectivity index (χ2v) is 6.02. The highest BCUT2D eigenvalue weighted by molar-refractivity contribution is 6.31. The standard InChI is InChI=1S/C16H26ClN3O/c1-6-20(11-16(21)19(4)5)14-8-7-13(15(17)9-14)10-18-12(2)3/h7-9,12,18H,6,10-11H2,1-5H3. The van der Waals surface area contributed by atoms with Crippen molar-refractivity contribution in [2.24, 2.45) is 0 Å². The van der Waals surface area contributed by atoms with E-state index < -0.39 is 0 Å². The molecule has 5 heteroatoms. The van der Waals surface area contributed by atoms with Gasteiger partial charge in [0.25, 0.3) is 0 Å². The number of hydrogen-bond donors (Lipinski definition) is 1. The fourth-order valence-corrected chi connectivity index (χ4v) is 2.12. The van der Waals surface area contributed by atoms with Crippen LogP contribution >= 0.6 is 11.6 Å². The number of benzene rings is 1. The topological polar surface area (TPSA) is 35.6 Å². The normalized spacial score (nSPS) is 10.8. The minimum Gasteiger partial charge on any atom is -0.362 e. The summed E-state index contributed by atoms with van der Waals surface area (Å²) in [5, 5.41) is 4.09. The number of rotatable bonds is 7. The molecule has 0 aliphatic carbocycles. The maximum absolute atomic E-state index is 11.9. The van der Waals surface area contributed by atoms with Gasteiger partial charge in [0.1, 0.15) is 0 Å². The Kier molecular flexibility index (Phi) is 6.99. The number of nitrogens with one attached hydrogen (secondary N) is 1.